The summed E-state index contributed by atoms with van der Waals surface area (Å²) in [5.41, 5.74) is 0. The first-order chi connectivity index (χ1) is 33.6. The van der Waals surface area contributed by atoms with Crippen molar-refractivity contribution in [1.29, 1.82) is 0 Å². The average molecular weight is 982 g/mol. The maximum atomic E-state index is 13.2. The maximum absolute atomic E-state index is 13.2. The van der Waals surface area contributed by atoms with Crippen LogP contribution in [-0.4, -0.2) is 140 Å². The summed E-state index contributed by atoms with van der Waals surface area (Å²) in [7, 11) is 0. The number of allylic oxidation sites excluding steroid dienone is 8. The van der Waals surface area contributed by atoms with Crippen molar-refractivity contribution in [1.82, 2.24) is 5.32 Å². The molecule has 12 unspecified atom stereocenters. The molecule has 0 saturated carbocycles. The van der Waals surface area contributed by atoms with Crippen LogP contribution in [0.15, 0.2) is 48.6 Å². The second-order valence-electron chi connectivity index (χ2n) is 19.3. The molecule has 0 spiro atoms. The molecule has 14 heteroatoms. The molecule has 2 saturated heterocycles. The van der Waals surface area contributed by atoms with E-state index in [0.29, 0.717) is 12.8 Å². The summed E-state index contributed by atoms with van der Waals surface area (Å²) in [4.78, 5) is 13.2. The third-order valence-corrected chi connectivity index (χ3v) is 13.3. The van der Waals surface area contributed by atoms with E-state index in [9.17, 15) is 45.6 Å². The SMILES string of the molecule is CC/C=C\C/C=C\C/C=C\C/C=C\CCCCCCCCCCCCC(=O)NC(COC1OC(CO)C(OC2OC(CO)C(O)C(O)C2O)C(O)C1O)C(O)CCCCCCCCCCCCCC. The largest absolute Gasteiger partial charge is 0.394 e. The molecule has 2 aliphatic heterocycles. The van der Waals surface area contributed by atoms with Crippen LogP contribution < -0.4 is 5.32 Å². The van der Waals surface area contributed by atoms with Gasteiger partial charge in [0.05, 0.1) is 32.0 Å². The van der Waals surface area contributed by atoms with Gasteiger partial charge in [0.25, 0.3) is 0 Å². The smallest absolute Gasteiger partial charge is 0.220 e. The Bertz CT molecular complexity index is 1340. The molecule has 0 aliphatic carbocycles. The molecule has 2 aliphatic rings. The molecule has 2 fully saturated rings. The number of unbranched alkanes of at least 4 members (excludes halogenated alkanes) is 21. The van der Waals surface area contributed by atoms with E-state index in [1.54, 1.807) is 0 Å². The lowest BCUT2D eigenvalue weighted by molar-refractivity contribution is -0.359. The predicted octanol–water partition coefficient (Wildman–Crippen LogP) is 8.05. The van der Waals surface area contributed by atoms with E-state index in [4.69, 9.17) is 18.9 Å². The zero-order chi connectivity index (χ0) is 50.3. The van der Waals surface area contributed by atoms with Crippen LogP contribution >= 0.6 is 0 Å². The van der Waals surface area contributed by atoms with Crippen molar-refractivity contribution in [2.24, 2.45) is 0 Å². The van der Waals surface area contributed by atoms with Gasteiger partial charge in [-0.2, -0.15) is 0 Å². The summed E-state index contributed by atoms with van der Waals surface area (Å²) >= 11 is 0. The first kappa shape index (κ1) is 63.1. The molecular formula is C55H99NO13. The summed E-state index contributed by atoms with van der Waals surface area (Å²) in [6, 6.07) is -0.831. The van der Waals surface area contributed by atoms with Crippen LogP contribution in [0, 0.1) is 0 Å². The van der Waals surface area contributed by atoms with Crippen LogP contribution in [0.2, 0.25) is 0 Å². The van der Waals surface area contributed by atoms with Gasteiger partial charge in [0, 0.05) is 6.42 Å². The number of hydrogen-bond acceptors (Lipinski definition) is 13. The van der Waals surface area contributed by atoms with E-state index in [2.05, 4.69) is 67.8 Å². The number of aliphatic hydroxyl groups is 8. The first-order valence-electron chi connectivity index (χ1n) is 27.4. The molecule has 2 rings (SSSR count). The van der Waals surface area contributed by atoms with Gasteiger partial charge in [-0.25, -0.2) is 0 Å². The first-order valence-corrected chi connectivity index (χ1v) is 27.4. The van der Waals surface area contributed by atoms with Crippen LogP contribution in [0.1, 0.15) is 200 Å². The third-order valence-electron chi connectivity index (χ3n) is 13.3. The molecule has 69 heavy (non-hydrogen) atoms. The highest BCUT2D eigenvalue weighted by atomic mass is 16.7. The van der Waals surface area contributed by atoms with E-state index in [1.807, 2.05) is 0 Å². The Labute approximate surface area is 416 Å². The van der Waals surface area contributed by atoms with Gasteiger partial charge in [-0.3, -0.25) is 4.79 Å². The van der Waals surface area contributed by atoms with Crippen LogP contribution in [0.3, 0.4) is 0 Å². The molecule has 2 heterocycles. The van der Waals surface area contributed by atoms with E-state index in [1.165, 1.54) is 89.9 Å². The highest BCUT2D eigenvalue weighted by Gasteiger charge is 2.51. The zero-order valence-electron chi connectivity index (χ0n) is 42.8. The summed E-state index contributed by atoms with van der Waals surface area (Å²) < 4.78 is 22.8. The number of hydrogen-bond donors (Lipinski definition) is 9. The van der Waals surface area contributed by atoms with Crippen molar-refractivity contribution in [2.45, 2.75) is 274 Å². The number of carbonyl (C=O) groups excluding carboxylic acids is 1. The molecule has 1 amide bonds. The van der Waals surface area contributed by atoms with Gasteiger partial charge < -0.3 is 65.1 Å². The number of aliphatic hydroxyl groups excluding tert-OH is 8. The lowest BCUT2D eigenvalue weighted by atomic mass is 9.97. The van der Waals surface area contributed by atoms with Gasteiger partial charge in [-0.1, -0.05) is 191 Å². The Morgan fingerprint density at radius 1 is 0.536 bits per heavy atom. The Morgan fingerprint density at radius 3 is 1.54 bits per heavy atom. The molecule has 0 bridgehead atoms. The second-order valence-corrected chi connectivity index (χ2v) is 19.3. The van der Waals surface area contributed by atoms with Gasteiger partial charge in [0.2, 0.25) is 5.91 Å². The zero-order valence-corrected chi connectivity index (χ0v) is 42.8. The minimum Gasteiger partial charge on any atom is -0.394 e. The number of nitrogens with one attached hydrogen (secondary N) is 1. The van der Waals surface area contributed by atoms with Crippen LogP contribution in [0.5, 0.6) is 0 Å². The monoisotopic (exact) mass is 982 g/mol. The van der Waals surface area contributed by atoms with Gasteiger partial charge in [-0.05, 0) is 51.4 Å². The molecule has 402 valence electrons. The van der Waals surface area contributed by atoms with Gasteiger partial charge in [0.1, 0.15) is 48.8 Å². The number of amides is 1. The van der Waals surface area contributed by atoms with Crippen molar-refractivity contribution >= 4 is 5.91 Å². The van der Waals surface area contributed by atoms with Crippen molar-refractivity contribution in [3.05, 3.63) is 48.6 Å². The van der Waals surface area contributed by atoms with Gasteiger partial charge >= 0.3 is 0 Å². The maximum Gasteiger partial charge on any atom is 0.220 e. The Kier molecular flexibility index (Phi) is 37.9. The molecule has 14 nitrogen and oxygen atoms in total. The molecule has 9 N–H and O–H groups in total. The van der Waals surface area contributed by atoms with Crippen LogP contribution in [-0.2, 0) is 23.7 Å². The van der Waals surface area contributed by atoms with Gasteiger partial charge in [-0.15, -0.1) is 0 Å². The molecule has 0 radical (unpaired) electrons. The summed E-state index contributed by atoms with van der Waals surface area (Å²) in [6.45, 7) is 2.73. The van der Waals surface area contributed by atoms with E-state index < -0.39 is 86.8 Å². The summed E-state index contributed by atoms with van der Waals surface area (Å²) in [5.74, 6) is -0.214. The van der Waals surface area contributed by atoms with Crippen LogP contribution in [0.4, 0.5) is 0 Å². The van der Waals surface area contributed by atoms with E-state index in [-0.39, 0.29) is 12.5 Å². The van der Waals surface area contributed by atoms with Crippen molar-refractivity contribution < 1.29 is 64.6 Å². The summed E-state index contributed by atoms with van der Waals surface area (Å²) in [6.07, 6.45) is 32.5. The fourth-order valence-corrected chi connectivity index (χ4v) is 8.87. The quantitative estimate of drug-likeness (QED) is 0.0209. The minimum absolute atomic E-state index is 0.214. The average Bonchev–Trinajstić information content (AvgIpc) is 3.35. The van der Waals surface area contributed by atoms with Crippen molar-refractivity contribution in [3.8, 4) is 0 Å². The van der Waals surface area contributed by atoms with Gasteiger partial charge in [0.15, 0.2) is 12.6 Å². The molecule has 0 aromatic carbocycles. The fourth-order valence-electron chi connectivity index (χ4n) is 8.87. The van der Waals surface area contributed by atoms with E-state index in [0.717, 1.165) is 83.5 Å². The normalized spacial score (nSPS) is 26.5. The second kappa shape index (κ2) is 41.4. The lowest BCUT2D eigenvalue weighted by Crippen LogP contribution is -2.65. The molecular weight excluding hydrogens is 883 g/mol. The standard InChI is InChI=1S/C55H99NO13/c1-3-5-7-9-11-13-15-17-18-19-20-21-22-23-24-25-26-27-29-31-33-35-37-39-47(60)56-43(44(59)38-36-34-32-30-28-16-14-12-10-8-6-4-2)42-66-54-52(65)50(63)53(46(41-58)68-54)69-55-51(64)49(62)48(61)45(40-57)67-55/h5,7,11,13,17-18,20-21,43-46,48-55,57-59,61-65H,3-4,6,8-10,12,14-16,19,22-42H2,1-2H3,(H,56,60)/b7-5-,13-11-,18-17-,21-20-. The Hall–Kier alpha value is -2.05. The fraction of sp³-hybridized carbons (Fsp3) is 0.836. The number of rotatable bonds is 42. The highest BCUT2D eigenvalue weighted by Crippen LogP contribution is 2.30. The topological polar surface area (TPSA) is 228 Å². The third kappa shape index (κ3) is 28.1. The van der Waals surface area contributed by atoms with Crippen molar-refractivity contribution in [3.63, 3.8) is 0 Å². The predicted molar refractivity (Wildman–Crippen MR) is 272 cm³/mol. The minimum atomic E-state index is -1.78. The molecule has 12 atom stereocenters. The Balaban J connectivity index is 1.76. The molecule has 0 aromatic rings. The lowest BCUT2D eigenvalue weighted by Gasteiger charge is -2.46. The van der Waals surface area contributed by atoms with Crippen LogP contribution in [0.25, 0.3) is 0 Å². The molecule has 0 aromatic heterocycles. The van der Waals surface area contributed by atoms with E-state index >= 15 is 0 Å². The highest BCUT2D eigenvalue weighted by molar-refractivity contribution is 5.76. The number of carbonyl (C=O) groups is 1. The summed E-state index contributed by atoms with van der Waals surface area (Å²) in [5, 5.41) is 87.0. The number of ether oxygens (including phenoxy) is 4. The van der Waals surface area contributed by atoms with Crippen molar-refractivity contribution in [2.75, 3.05) is 19.8 Å². The Morgan fingerprint density at radius 2 is 1.00 bits per heavy atom.